The summed E-state index contributed by atoms with van der Waals surface area (Å²) >= 11 is 7.20. The minimum absolute atomic E-state index is 0.642. The van der Waals surface area contributed by atoms with Crippen LogP contribution in [0.1, 0.15) is 12.8 Å². The van der Waals surface area contributed by atoms with Crippen molar-refractivity contribution in [1.82, 2.24) is 0 Å². The number of ether oxygens (including phenoxy) is 1. The van der Waals surface area contributed by atoms with E-state index in [1.54, 1.807) is 0 Å². The number of halogens is 1. The Morgan fingerprint density at radius 1 is 1.33 bits per heavy atom. The number of hydrogen-bond acceptors (Lipinski definition) is 3. The fraction of sp³-hybridized carbons (Fsp3) is 0.364. The Labute approximate surface area is 99.2 Å². The minimum Gasteiger partial charge on any atom is -0.492 e. The van der Waals surface area contributed by atoms with Crippen LogP contribution in [0.3, 0.4) is 0 Å². The second-order valence-corrected chi connectivity index (χ2v) is 4.21. The summed E-state index contributed by atoms with van der Waals surface area (Å²) in [5, 5.41) is 11.0. The van der Waals surface area contributed by atoms with E-state index in [1.165, 1.54) is 11.8 Å². The maximum Gasteiger partial charge on any atom is 0.137 e. The topological polar surface area (TPSA) is 33.0 Å². The molecule has 0 unspecified atom stereocenters. The molecule has 80 valence electrons. The van der Waals surface area contributed by atoms with Crippen molar-refractivity contribution >= 4 is 23.4 Å². The average Bonchev–Trinajstić information content (AvgIpc) is 2.25. The Hall–Kier alpha value is -0.850. The van der Waals surface area contributed by atoms with Gasteiger partial charge < -0.3 is 4.74 Å². The molecule has 0 saturated carbocycles. The van der Waals surface area contributed by atoms with E-state index < -0.39 is 0 Å². The fourth-order valence-electron chi connectivity index (χ4n) is 1.07. The highest BCUT2D eigenvalue weighted by atomic mass is 35.5. The molecule has 4 heteroatoms. The first-order valence-electron chi connectivity index (χ1n) is 4.73. The lowest BCUT2D eigenvalue weighted by Gasteiger charge is -2.06. The van der Waals surface area contributed by atoms with Crippen LogP contribution < -0.4 is 4.74 Å². The standard InChI is InChI=1S/C11H12ClNOS/c12-10-5-1-2-6-11(10)14-7-3-4-8-15-9-13/h1-2,5-6H,3-4,7-8H2. The van der Waals surface area contributed by atoms with Crippen LogP contribution in [0.4, 0.5) is 0 Å². The molecule has 0 aliphatic rings. The molecular weight excluding hydrogens is 230 g/mol. The molecule has 2 nitrogen and oxygen atoms in total. The summed E-state index contributed by atoms with van der Waals surface area (Å²) in [6.07, 6.45) is 1.93. The number of thiocyanates is 1. The van der Waals surface area contributed by atoms with Gasteiger partial charge in [0.1, 0.15) is 11.2 Å². The molecule has 0 fully saturated rings. The molecule has 1 aromatic rings. The number of para-hydroxylation sites is 1. The van der Waals surface area contributed by atoms with Gasteiger partial charge in [-0.25, -0.2) is 0 Å². The normalized spacial score (nSPS) is 9.60. The monoisotopic (exact) mass is 241 g/mol. The van der Waals surface area contributed by atoms with E-state index in [4.69, 9.17) is 21.6 Å². The van der Waals surface area contributed by atoms with Gasteiger partial charge in [0.25, 0.3) is 0 Å². The lowest BCUT2D eigenvalue weighted by Crippen LogP contribution is -1.98. The zero-order valence-electron chi connectivity index (χ0n) is 8.28. The van der Waals surface area contributed by atoms with Gasteiger partial charge in [0, 0.05) is 5.75 Å². The number of nitriles is 1. The highest BCUT2D eigenvalue weighted by Gasteiger charge is 1.98. The summed E-state index contributed by atoms with van der Waals surface area (Å²) in [5.74, 6) is 1.59. The van der Waals surface area contributed by atoms with Crippen LogP contribution in [-0.4, -0.2) is 12.4 Å². The molecule has 0 aliphatic heterocycles. The van der Waals surface area contributed by atoms with Crippen molar-refractivity contribution in [3.63, 3.8) is 0 Å². The Kier molecular flexibility index (Phi) is 6.06. The number of benzene rings is 1. The first kappa shape index (κ1) is 12.2. The molecule has 0 aliphatic carbocycles. The van der Waals surface area contributed by atoms with Crippen LogP contribution in [0.15, 0.2) is 24.3 Å². The molecule has 0 atom stereocenters. The molecule has 0 saturated heterocycles. The predicted molar refractivity (Wildman–Crippen MR) is 64.3 cm³/mol. The van der Waals surface area contributed by atoms with Crippen molar-refractivity contribution in [2.45, 2.75) is 12.8 Å². The van der Waals surface area contributed by atoms with Gasteiger partial charge in [-0.3, -0.25) is 0 Å². The lowest BCUT2D eigenvalue weighted by molar-refractivity contribution is 0.310. The summed E-state index contributed by atoms with van der Waals surface area (Å²) in [6, 6.07) is 7.43. The summed E-state index contributed by atoms with van der Waals surface area (Å²) in [7, 11) is 0. The highest BCUT2D eigenvalue weighted by Crippen LogP contribution is 2.23. The van der Waals surface area contributed by atoms with Gasteiger partial charge in [-0.05, 0) is 36.7 Å². The van der Waals surface area contributed by atoms with E-state index >= 15 is 0 Å². The van der Waals surface area contributed by atoms with Crippen molar-refractivity contribution in [2.24, 2.45) is 0 Å². The SMILES string of the molecule is N#CSCCCCOc1ccccc1Cl. The first-order valence-corrected chi connectivity index (χ1v) is 6.09. The number of thioether (sulfide) groups is 1. The van der Waals surface area contributed by atoms with Crippen LogP contribution in [-0.2, 0) is 0 Å². The number of nitrogens with zero attached hydrogens (tertiary/aromatic N) is 1. The van der Waals surface area contributed by atoms with E-state index in [-0.39, 0.29) is 0 Å². The van der Waals surface area contributed by atoms with Crippen molar-refractivity contribution in [3.05, 3.63) is 29.3 Å². The lowest BCUT2D eigenvalue weighted by atomic mass is 10.3. The Morgan fingerprint density at radius 2 is 2.13 bits per heavy atom. The van der Waals surface area contributed by atoms with Gasteiger partial charge in [-0.2, -0.15) is 5.26 Å². The average molecular weight is 242 g/mol. The molecule has 1 rings (SSSR count). The highest BCUT2D eigenvalue weighted by molar-refractivity contribution is 8.03. The van der Waals surface area contributed by atoms with Crippen LogP contribution in [0.5, 0.6) is 5.75 Å². The molecule has 0 amide bonds. The number of rotatable bonds is 6. The van der Waals surface area contributed by atoms with Gasteiger partial charge in [0.15, 0.2) is 0 Å². The van der Waals surface area contributed by atoms with E-state index in [0.717, 1.165) is 24.3 Å². The molecule has 15 heavy (non-hydrogen) atoms. The van der Waals surface area contributed by atoms with Crippen LogP contribution in [0.25, 0.3) is 0 Å². The van der Waals surface area contributed by atoms with Crippen LogP contribution >= 0.6 is 23.4 Å². The second kappa shape index (κ2) is 7.44. The van der Waals surface area contributed by atoms with Gasteiger partial charge in [0.2, 0.25) is 0 Å². The van der Waals surface area contributed by atoms with E-state index in [2.05, 4.69) is 0 Å². The summed E-state index contributed by atoms with van der Waals surface area (Å²) in [6.45, 7) is 0.649. The Bertz CT molecular complexity index is 338. The van der Waals surface area contributed by atoms with Gasteiger partial charge in [-0.15, -0.1) is 0 Å². The molecule has 0 heterocycles. The quantitative estimate of drug-likeness (QED) is 0.562. The van der Waals surface area contributed by atoms with Gasteiger partial charge in [0.05, 0.1) is 11.6 Å². The molecule has 0 N–H and O–H groups in total. The first-order chi connectivity index (χ1) is 7.34. The largest absolute Gasteiger partial charge is 0.492 e. The summed E-state index contributed by atoms with van der Waals surface area (Å²) in [4.78, 5) is 0. The summed E-state index contributed by atoms with van der Waals surface area (Å²) < 4.78 is 5.49. The van der Waals surface area contributed by atoms with Crippen LogP contribution in [0, 0.1) is 10.7 Å². The van der Waals surface area contributed by atoms with Crippen molar-refractivity contribution in [1.29, 1.82) is 5.26 Å². The smallest absolute Gasteiger partial charge is 0.137 e. The van der Waals surface area contributed by atoms with E-state index in [0.29, 0.717) is 11.6 Å². The van der Waals surface area contributed by atoms with Gasteiger partial charge >= 0.3 is 0 Å². The van der Waals surface area contributed by atoms with E-state index in [9.17, 15) is 0 Å². The predicted octanol–water partition coefficient (Wildman–Crippen LogP) is 3.71. The van der Waals surface area contributed by atoms with Gasteiger partial charge in [-0.1, -0.05) is 23.7 Å². The maximum atomic E-state index is 8.30. The molecule has 0 bridgehead atoms. The third-order valence-electron chi connectivity index (χ3n) is 1.80. The molecule has 0 spiro atoms. The molecule has 0 aromatic heterocycles. The van der Waals surface area contributed by atoms with Crippen molar-refractivity contribution in [3.8, 4) is 11.2 Å². The summed E-state index contributed by atoms with van der Waals surface area (Å²) in [5.41, 5.74) is 0. The molecular formula is C11H12ClNOS. The van der Waals surface area contributed by atoms with Crippen molar-refractivity contribution < 1.29 is 4.74 Å². The second-order valence-electron chi connectivity index (χ2n) is 2.93. The fourth-order valence-corrected chi connectivity index (χ4v) is 1.70. The maximum absolute atomic E-state index is 8.30. The number of unbranched alkanes of at least 4 members (excludes halogenated alkanes) is 1. The zero-order chi connectivity index (χ0) is 10.9. The van der Waals surface area contributed by atoms with E-state index in [1.807, 2.05) is 29.7 Å². The Morgan fingerprint density at radius 3 is 2.87 bits per heavy atom. The third kappa shape index (κ3) is 4.96. The zero-order valence-corrected chi connectivity index (χ0v) is 9.85. The Balaban J connectivity index is 2.16. The molecule has 1 aromatic carbocycles. The van der Waals surface area contributed by atoms with Crippen LogP contribution in [0.2, 0.25) is 5.02 Å². The molecule has 0 radical (unpaired) electrons. The van der Waals surface area contributed by atoms with Crippen molar-refractivity contribution in [2.75, 3.05) is 12.4 Å². The third-order valence-corrected chi connectivity index (χ3v) is 2.73. The number of hydrogen-bond donors (Lipinski definition) is 0. The minimum atomic E-state index is 0.642.